The standard InChI is InChI=1S/C22H23FN2O4/c1-28-17-7-8-18-19(12-17)29-22(13-24-21(18)27)9-2-10-25(14-22)20(26)11-15-3-5-16(23)6-4-15/h3-8,12H,2,9-11,13-14H2,1H3,(H,24,27). The highest BCUT2D eigenvalue weighted by Crippen LogP contribution is 2.34. The van der Waals surface area contributed by atoms with Gasteiger partial charge in [-0.05, 0) is 42.7 Å². The van der Waals surface area contributed by atoms with Gasteiger partial charge in [-0.3, -0.25) is 9.59 Å². The van der Waals surface area contributed by atoms with E-state index >= 15 is 0 Å². The Morgan fingerprint density at radius 2 is 2.07 bits per heavy atom. The highest BCUT2D eigenvalue weighted by atomic mass is 19.1. The van der Waals surface area contributed by atoms with Crippen molar-refractivity contribution in [1.29, 1.82) is 0 Å². The minimum atomic E-state index is -0.690. The van der Waals surface area contributed by atoms with Crippen molar-refractivity contribution in [3.63, 3.8) is 0 Å². The Hall–Kier alpha value is -3.09. The summed E-state index contributed by atoms with van der Waals surface area (Å²) in [4.78, 5) is 27.1. The number of methoxy groups -OCH3 is 1. The first-order chi connectivity index (χ1) is 14.0. The third-order valence-corrected chi connectivity index (χ3v) is 5.49. The van der Waals surface area contributed by atoms with Gasteiger partial charge >= 0.3 is 0 Å². The average Bonchev–Trinajstić information content (AvgIpc) is 2.86. The number of nitrogens with one attached hydrogen (secondary N) is 1. The van der Waals surface area contributed by atoms with Crippen molar-refractivity contribution in [3.8, 4) is 11.5 Å². The van der Waals surface area contributed by atoms with Crippen molar-refractivity contribution in [1.82, 2.24) is 10.2 Å². The van der Waals surface area contributed by atoms with Crippen LogP contribution in [0.4, 0.5) is 4.39 Å². The third kappa shape index (κ3) is 4.04. The zero-order valence-electron chi connectivity index (χ0n) is 16.2. The number of hydrogen-bond acceptors (Lipinski definition) is 4. The molecule has 6 nitrogen and oxygen atoms in total. The summed E-state index contributed by atoms with van der Waals surface area (Å²) in [6.45, 7) is 1.33. The van der Waals surface area contributed by atoms with E-state index in [4.69, 9.17) is 9.47 Å². The average molecular weight is 398 g/mol. The predicted octanol–water partition coefficient (Wildman–Crippen LogP) is 2.56. The van der Waals surface area contributed by atoms with Crippen molar-refractivity contribution in [2.45, 2.75) is 24.9 Å². The Balaban J connectivity index is 1.53. The molecular weight excluding hydrogens is 375 g/mol. The van der Waals surface area contributed by atoms with Gasteiger partial charge in [0.2, 0.25) is 5.91 Å². The number of carbonyl (C=O) groups is 2. The number of carbonyl (C=O) groups excluding carboxylic acids is 2. The maximum Gasteiger partial charge on any atom is 0.255 e. The molecule has 1 fully saturated rings. The molecule has 0 aliphatic carbocycles. The van der Waals surface area contributed by atoms with Crippen LogP contribution in [0.1, 0.15) is 28.8 Å². The highest BCUT2D eigenvalue weighted by molar-refractivity contribution is 5.97. The van der Waals surface area contributed by atoms with E-state index in [0.29, 0.717) is 36.7 Å². The van der Waals surface area contributed by atoms with Gasteiger partial charge in [-0.25, -0.2) is 4.39 Å². The van der Waals surface area contributed by atoms with Gasteiger partial charge in [-0.1, -0.05) is 12.1 Å². The number of piperidine rings is 1. The van der Waals surface area contributed by atoms with Gasteiger partial charge in [-0.15, -0.1) is 0 Å². The first kappa shape index (κ1) is 19.2. The summed E-state index contributed by atoms with van der Waals surface area (Å²) in [5.41, 5.74) is 0.530. The summed E-state index contributed by atoms with van der Waals surface area (Å²) in [5, 5.41) is 2.93. The molecular formula is C22H23FN2O4. The number of halogens is 1. The first-order valence-corrected chi connectivity index (χ1v) is 9.65. The van der Waals surface area contributed by atoms with Crippen LogP contribution < -0.4 is 14.8 Å². The molecule has 29 heavy (non-hydrogen) atoms. The number of benzene rings is 2. The molecule has 0 radical (unpaired) electrons. The number of hydrogen-bond donors (Lipinski definition) is 1. The van der Waals surface area contributed by atoms with Gasteiger partial charge in [0, 0.05) is 12.6 Å². The number of fused-ring (bicyclic) bond motifs is 1. The second-order valence-corrected chi connectivity index (χ2v) is 7.55. The van der Waals surface area contributed by atoms with Crippen LogP contribution in [0.3, 0.4) is 0 Å². The smallest absolute Gasteiger partial charge is 0.255 e. The van der Waals surface area contributed by atoms with Crippen LogP contribution in [0.15, 0.2) is 42.5 Å². The SMILES string of the molecule is COc1ccc2c(c1)OC1(CCCN(C(=O)Cc3ccc(F)cc3)C1)CNC2=O. The van der Waals surface area contributed by atoms with Crippen molar-refractivity contribution >= 4 is 11.8 Å². The lowest BCUT2D eigenvalue weighted by Crippen LogP contribution is -2.58. The lowest BCUT2D eigenvalue weighted by molar-refractivity contribution is -0.136. The van der Waals surface area contributed by atoms with Gasteiger partial charge < -0.3 is 19.7 Å². The van der Waals surface area contributed by atoms with Crippen molar-refractivity contribution in [2.24, 2.45) is 0 Å². The molecule has 2 aliphatic heterocycles. The Morgan fingerprint density at radius 1 is 1.28 bits per heavy atom. The molecule has 1 saturated heterocycles. The van der Waals surface area contributed by atoms with Crippen LogP contribution in [-0.2, 0) is 11.2 Å². The Labute approximate surface area is 168 Å². The van der Waals surface area contributed by atoms with Crippen LogP contribution in [0.2, 0.25) is 0 Å². The van der Waals surface area contributed by atoms with Crippen molar-refractivity contribution in [2.75, 3.05) is 26.7 Å². The molecule has 2 aromatic rings. The van der Waals surface area contributed by atoms with Gasteiger partial charge in [0.05, 0.1) is 32.2 Å². The molecule has 2 aromatic carbocycles. The van der Waals surface area contributed by atoms with Crippen LogP contribution >= 0.6 is 0 Å². The van der Waals surface area contributed by atoms with Gasteiger partial charge in [-0.2, -0.15) is 0 Å². The molecule has 0 aromatic heterocycles. The number of ether oxygens (including phenoxy) is 2. The fraction of sp³-hybridized carbons (Fsp3) is 0.364. The van der Waals surface area contributed by atoms with Crippen molar-refractivity contribution in [3.05, 3.63) is 59.4 Å². The van der Waals surface area contributed by atoms with E-state index in [-0.39, 0.29) is 24.1 Å². The predicted molar refractivity (Wildman–Crippen MR) is 105 cm³/mol. The van der Waals surface area contributed by atoms with E-state index in [1.165, 1.54) is 12.1 Å². The molecule has 2 heterocycles. The zero-order valence-corrected chi connectivity index (χ0v) is 16.2. The fourth-order valence-electron chi connectivity index (χ4n) is 3.93. The maximum absolute atomic E-state index is 13.1. The molecule has 2 aliphatic rings. The molecule has 2 amide bonds. The van der Waals surface area contributed by atoms with E-state index in [1.54, 1.807) is 42.3 Å². The summed E-state index contributed by atoms with van der Waals surface area (Å²) >= 11 is 0. The molecule has 4 rings (SSSR count). The highest BCUT2D eigenvalue weighted by Gasteiger charge is 2.42. The normalized spacial score (nSPS) is 21.0. The van der Waals surface area contributed by atoms with Crippen LogP contribution in [0, 0.1) is 5.82 Å². The summed E-state index contributed by atoms with van der Waals surface area (Å²) in [5.74, 6) is 0.505. The van der Waals surface area contributed by atoms with E-state index in [1.807, 2.05) is 0 Å². The topological polar surface area (TPSA) is 67.9 Å². The second kappa shape index (κ2) is 7.73. The van der Waals surface area contributed by atoms with E-state index < -0.39 is 5.60 Å². The zero-order chi connectivity index (χ0) is 20.4. The van der Waals surface area contributed by atoms with E-state index in [0.717, 1.165) is 18.4 Å². The minimum absolute atomic E-state index is 0.0410. The summed E-state index contributed by atoms with van der Waals surface area (Å²) in [7, 11) is 1.56. The molecule has 0 saturated carbocycles. The monoisotopic (exact) mass is 398 g/mol. The molecule has 152 valence electrons. The largest absolute Gasteiger partial charge is 0.497 e. The van der Waals surface area contributed by atoms with Crippen LogP contribution in [0.25, 0.3) is 0 Å². The molecule has 1 unspecified atom stereocenters. The van der Waals surface area contributed by atoms with E-state index in [2.05, 4.69) is 5.32 Å². The quantitative estimate of drug-likeness (QED) is 0.863. The lowest BCUT2D eigenvalue weighted by atomic mass is 9.92. The Morgan fingerprint density at radius 3 is 2.83 bits per heavy atom. The lowest BCUT2D eigenvalue weighted by Gasteiger charge is -2.42. The first-order valence-electron chi connectivity index (χ1n) is 9.65. The molecule has 1 atom stereocenters. The van der Waals surface area contributed by atoms with Crippen LogP contribution in [0.5, 0.6) is 11.5 Å². The minimum Gasteiger partial charge on any atom is -0.497 e. The summed E-state index contributed by atoms with van der Waals surface area (Å²) in [6, 6.07) is 11.1. The van der Waals surface area contributed by atoms with Gasteiger partial charge in [0.1, 0.15) is 22.9 Å². The maximum atomic E-state index is 13.1. The number of rotatable bonds is 3. The molecule has 1 spiro atoms. The van der Waals surface area contributed by atoms with Gasteiger partial charge in [0.15, 0.2) is 0 Å². The second-order valence-electron chi connectivity index (χ2n) is 7.55. The third-order valence-electron chi connectivity index (χ3n) is 5.49. The Bertz CT molecular complexity index is 931. The fourth-order valence-corrected chi connectivity index (χ4v) is 3.93. The molecule has 0 bridgehead atoms. The number of amides is 2. The molecule has 1 N–H and O–H groups in total. The summed E-state index contributed by atoms with van der Waals surface area (Å²) in [6.07, 6.45) is 1.70. The van der Waals surface area contributed by atoms with Crippen molar-refractivity contribution < 1.29 is 23.5 Å². The number of likely N-dealkylation sites (tertiary alicyclic amines) is 1. The molecule has 7 heteroatoms. The van der Waals surface area contributed by atoms with E-state index in [9.17, 15) is 14.0 Å². The van der Waals surface area contributed by atoms with Crippen LogP contribution in [-0.4, -0.2) is 49.1 Å². The number of nitrogens with zero attached hydrogens (tertiary/aromatic N) is 1. The van der Waals surface area contributed by atoms with Gasteiger partial charge in [0.25, 0.3) is 5.91 Å². The Kier molecular flexibility index (Phi) is 5.13. The summed E-state index contributed by atoms with van der Waals surface area (Å²) < 4.78 is 24.7.